The average Bonchev–Trinajstić information content (AvgIpc) is 3.11. The lowest BCUT2D eigenvalue weighted by atomic mass is 10.3. The van der Waals surface area contributed by atoms with Crippen LogP contribution in [0.15, 0.2) is 0 Å². The molecule has 7 nitrogen and oxygen atoms in total. The summed E-state index contributed by atoms with van der Waals surface area (Å²) in [6.07, 6.45) is 3.81. The van der Waals surface area contributed by atoms with Gasteiger partial charge in [-0.05, 0) is 26.2 Å². The highest BCUT2D eigenvalue weighted by molar-refractivity contribution is 5.34. The van der Waals surface area contributed by atoms with Crippen LogP contribution in [0.3, 0.4) is 0 Å². The van der Waals surface area contributed by atoms with Crippen LogP contribution in [0.2, 0.25) is 0 Å². The molecular formula is C12H20N6O. The Bertz CT molecular complexity index is 450. The molecular weight excluding hydrogens is 244 g/mol. The van der Waals surface area contributed by atoms with E-state index in [1.165, 1.54) is 12.8 Å². The summed E-state index contributed by atoms with van der Waals surface area (Å²) in [5.41, 5.74) is 5.66. The van der Waals surface area contributed by atoms with Crippen molar-refractivity contribution in [2.45, 2.75) is 38.3 Å². The van der Waals surface area contributed by atoms with E-state index >= 15 is 0 Å². The number of nitrogens with zero attached hydrogens (tertiary/aromatic N) is 4. The van der Waals surface area contributed by atoms with Crippen LogP contribution in [0.4, 0.5) is 11.9 Å². The van der Waals surface area contributed by atoms with Crippen LogP contribution < -0.4 is 15.8 Å². The molecule has 3 rings (SSSR count). The number of nitrogens with one attached hydrogen (secondary N) is 1. The molecule has 1 aromatic rings. The van der Waals surface area contributed by atoms with Crippen LogP contribution in [0.25, 0.3) is 0 Å². The Balaban J connectivity index is 1.62. The molecule has 3 N–H and O–H groups in total. The number of likely N-dealkylation sites (tertiary alicyclic amines) is 1. The van der Waals surface area contributed by atoms with Crippen molar-refractivity contribution in [2.75, 3.05) is 30.7 Å². The summed E-state index contributed by atoms with van der Waals surface area (Å²) in [7, 11) is 0. The minimum Gasteiger partial charge on any atom is -0.464 e. The van der Waals surface area contributed by atoms with Gasteiger partial charge in [-0.1, -0.05) is 0 Å². The Labute approximate surface area is 112 Å². The summed E-state index contributed by atoms with van der Waals surface area (Å²) in [5.74, 6) is 0.705. The summed E-state index contributed by atoms with van der Waals surface area (Å²) in [6.45, 7) is 4.61. The summed E-state index contributed by atoms with van der Waals surface area (Å²) in [6, 6.07) is 1.49. The van der Waals surface area contributed by atoms with Crippen molar-refractivity contribution < 1.29 is 4.74 Å². The normalized spacial score (nSPS) is 23.5. The Hall–Kier alpha value is -1.63. The molecule has 19 heavy (non-hydrogen) atoms. The monoisotopic (exact) mass is 264 g/mol. The number of ether oxygens (including phenoxy) is 1. The maximum Gasteiger partial charge on any atom is 0.323 e. The molecule has 1 aromatic heterocycles. The lowest BCUT2D eigenvalue weighted by Crippen LogP contribution is -2.28. The fourth-order valence-corrected chi connectivity index (χ4v) is 2.49. The topological polar surface area (TPSA) is 89.2 Å². The van der Waals surface area contributed by atoms with Gasteiger partial charge in [0.1, 0.15) is 0 Å². The number of hydrogen-bond acceptors (Lipinski definition) is 7. The molecule has 2 heterocycles. The summed E-state index contributed by atoms with van der Waals surface area (Å²) in [4.78, 5) is 14.8. The highest BCUT2D eigenvalue weighted by Crippen LogP contribution is 2.30. The van der Waals surface area contributed by atoms with E-state index in [1.807, 2.05) is 6.92 Å². The van der Waals surface area contributed by atoms with Gasteiger partial charge < -0.3 is 15.8 Å². The third kappa shape index (κ3) is 3.04. The Kier molecular flexibility index (Phi) is 3.37. The molecule has 0 radical (unpaired) electrons. The van der Waals surface area contributed by atoms with Crippen molar-refractivity contribution in [3.05, 3.63) is 0 Å². The fourth-order valence-electron chi connectivity index (χ4n) is 2.49. The van der Waals surface area contributed by atoms with Gasteiger partial charge in [-0.25, -0.2) is 0 Å². The molecule has 1 atom stereocenters. The first-order valence-electron chi connectivity index (χ1n) is 6.89. The lowest BCUT2D eigenvalue weighted by molar-refractivity contribution is 0.312. The van der Waals surface area contributed by atoms with Crippen LogP contribution in [0.1, 0.15) is 26.2 Å². The molecule has 2 fully saturated rings. The molecule has 0 aromatic carbocycles. The molecule has 7 heteroatoms. The lowest BCUT2D eigenvalue weighted by Gasteiger charge is -2.15. The molecule has 2 aliphatic rings. The third-order valence-electron chi connectivity index (χ3n) is 3.52. The zero-order valence-corrected chi connectivity index (χ0v) is 11.2. The van der Waals surface area contributed by atoms with Crippen LogP contribution in [-0.4, -0.2) is 51.6 Å². The second-order valence-electron chi connectivity index (χ2n) is 5.09. The minimum absolute atomic E-state index is 0.193. The largest absolute Gasteiger partial charge is 0.464 e. The molecule has 104 valence electrons. The van der Waals surface area contributed by atoms with Gasteiger partial charge >= 0.3 is 6.01 Å². The van der Waals surface area contributed by atoms with Crippen molar-refractivity contribution in [2.24, 2.45) is 0 Å². The van der Waals surface area contributed by atoms with Gasteiger partial charge in [0.25, 0.3) is 0 Å². The highest BCUT2D eigenvalue weighted by Gasteiger charge is 2.34. The van der Waals surface area contributed by atoms with E-state index in [9.17, 15) is 0 Å². The summed E-state index contributed by atoms with van der Waals surface area (Å²) < 4.78 is 5.27. The van der Waals surface area contributed by atoms with E-state index in [-0.39, 0.29) is 12.0 Å². The molecule has 1 aliphatic heterocycles. The van der Waals surface area contributed by atoms with E-state index in [0.29, 0.717) is 18.6 Å². The zero-order chi connectivity index (χ0) is 13.2. The quantitative estimate of drug-likeness (QED) is 0.800. The van der Waals surface area contributed by atoms with Crippen LogP contribution >= 0.6 is 0 Å². The highest BCUT2D eigenvalue weighted by atomic mass is 16.5. The van der Waals surface area contributed by atoms with Gasteiger partial charge in [-0.15, -0.1) is 0 Å². The zero-order valence-electron chi connectivity index (χ0n) is 11.2. The number of anilines is 2. The molecule has 1 unspecified atom stereocenters. The van der Waals surface area contributed by atoms with Gasteiger partial charge in [0.2, 0.25) is 11.9 Å². The molecule has 0 bridgehead atoms. The first-order valence-corrected chi connectivity index (χ1v) is 6.89. The second-order valence-corrected chi connectivity index (χ2v) is 5.09. The average molecular weight is 264 g/mol. The van der Waals surface area contributed by atoms with E-state index in [1.54, 1.807) is 0 Å². The second kappa shape index (κ2) is 5.16. The molecule has 1 aliphatic carbocycles. The molecule has 1 saturated heterocycles. The molecule has 0 spiro atoms. The number of nitrogen functional groups attached to an aromatic ring is 1. The van der Waals surface area contributed by atoms with Gasteiger partial charge in [0.15, 0.2) is 0 Å². The maximum atomic E-state index is 5.66. The van der Waals surface area contributed by atoms with E-state index in [4.69, 9.17) is 10.5 Å². The Morgan fingerprint density at radius 1 is 1.32 bits per heavy atom. The fraction of sp³-hybridized carbons (Fsp3) is 0.750. The van der Waals surface area contributed by atoms with Gasteiger partial charge in [-0.2, -0.15) is 15.0 Å². The van der Waals surface area contributed by atoms with E-state index in [2.05, 4.69) is 25.2 Å². The SMILES string of the molecule is CCOc1nc(N)nc(NC2CCN(C3CC3)C2)n1. The Morgan fingerprint density at radius 2 is 2.16 bits per heavy atom. The molecule has 1 saturated carbocycles. The van der Waals surface area contributed by atoms with Gasteiger partial charge in [-0.3, -0.25) is 4.90 Å². The van der Waals surface area contributed by atoms with Gasteiger partial charge in [0, 0.05) is 25.2 Å². The van der Waals surface area contributed by atoms with Crippen molar-refractivity contribution in [3.63, 3.8) is 0 Å². The standard InChI is InChI=1S/C12H20N6O/c1-2-19-12-16-10(13)15-11(17-12)14-8-5-6-18(7-8)9-3-4-9/h8-9H,2-7H2,1H3,(H3,13,14,15,16,17). The number of aromatic nitrogens is 3. The van der Waals surface area contributed by atoms with E-state index in [0.717, 1.165) is 25.6 Å². The first kappa shape index (κ1) is 12.4. The van der Waals surface area contributed by atoms with Crippen molar-refractivity contribution >= 4 is 11.9 Å². The number of rotatable bonds is 5. The Morgan fingerprint density at radius 3 is 2.89 bits per heavy atom. The maximum absolute atomic E-state index is 5.66. The predicted molar refractivity (Wildman–Crippen MR) is 72.0 cm³/mol. The third-order valence-corrected chi connectivity index (χ3v) is 3.52. The van der Waals surface area contributed by atoms with E-state index < -0.39 is 0 Å². The van der Waals surface area contributed by atoms with Crippen LogP contribution in [0, 0.1) is 0 Å². The van der Waals surface area contributed by atoms with Crippen LogP contribution in [-0.2, 0) is 0 Å². The number of hydrogen-bond donors (Lipinski definition) is 2. The molecule has 0 amide bonds. The summed E-state index contributed by atoms with van der Waals surface area (Å²) >= 11 is 0. The predicted octanol–water partition coefficient (Wildman–Crippen LogP) is 0.501. The van der Waals surface area contributed by atoms with Crippen LogP contribution in [0.5, 0.6) is 6.01 Å². The van der Waals surface area contributed by atoms with Crippen molar-refractivity contribution in [3.8, 4) is 6.01 Å². The minimum atomic E-state index is 0.193. The first-order chi connectivity index (χ1) is 9.24. The van der Waals surface area contributed by atoms with Crippen molar-refractivity contribution in [1.29, 1.82) is 0 Å². The summed E-state index contributed by atoms with van der Waals surface area (Å²) in [5, 5.41) is 3.33. The smallest absolute Gasteiger partial charge is 0.323 e. The van der Waals surface area contributed by atoms with Crippen molar-refractivity contribution in [1.82, 2.24) is 19.9 Å². The van der Waals surface area contributed by atoms with Gasteiger partial charge in [0.05, 0.1) is 6.61 Å². The number of nitrogens with two attached hydrogens (primary N) is 1.